The van der Waals surface area contributed by atoms with Gasteiger partial charge in [-0.05, 0) is 59.2 Å². The van der Waals surface area contributed by atoms with Crippen LogP contribution in [0, 0.1) is 16.0 Å². The van der Waals surface area contributed by atoms with E-state index in [-0.39, 0.29) is 21.8 Å². The summed E-state index contributed by atoms with van der Waals surface area (Å²) in [6, 6.07) is 22.6. The molecule has 4 atom stereocenters. The number of hydrogen-bond donors (Lipinski definition) is 1. The van der Waals surface area contributed by atoms with E-state index in [1.807, 2.05) is 36.4 Å². The van der Waals surface area contributed by atoms with Gasteiger partial charge in [0.05, 0.1) is 21.9 Å². The smallest absolute Gasteiger partial charge is 0.269 e. The van der Waals surface area contributed by atoms with Gasteiger partial charge in [0.1, 0.15) is 11.5 Å². The normalized spacial score (nSPS) is 23.0. The van der Waals surface area contributed by atoms with Crippen LogP contribution in [0.4, 0.5) is 11.4 Å². The van der Waals surface area contributed by atoms with Crippen LogP contribution in [-0.4, -0.2) is 33.3 Å². The number of amides is 1. The minimum absolute atomic E-state index is 0.120. The lowest BCUT2D eigenvalue weighted by atomic mass is 9.62. The highest BCUT2D eigenvalue weighted by atomic mass is 35.5. The number of rotatable bonds is 5. The van der Waals surface area contributed by atoms with E-state index in [0.717, 1.165) is 11.1 Å². The third-order valence-corrected chi connectivity index (χ3v) is 9.23. The van der Waals surface area contributed by atoms with Crippen LogP contribution >= 0.6 is 23.2 Å². The summed E-state index contributed by atoms with van der Waals surface area (Å²) >= 11 is 12.7. The van der Waals surface area contributed by atoms with Crippen molar-refractivity contribution >= 4 is 58.1 Å². The molecule has 10 heteroatoms. The Morgan fingerprint density at radius 2 is 1.63 bits per heavy atom. The standard InChI is InChI=1S/C33H21Cl2N3O5/c34-20-11-14-23(25(35)17-20)30(40)28-27(29(39)19-9-12-21(13-10-19)38(42)43)33(24-7-3-4-8-26(24)36-32(33)41)31-22-6-2-1-5-18(22)15-16-37(28)31/h1-17,27-28,31H,(H,36,41)/t27-,28+,31-,33-/m1/s1. The number of para-hydroxylation sites is 1. The van der Waals surface area contributed by atoms with E-state index in [1.54, 1.807) is 35.4 Å². The lowest BCUT2D eigenvalue weighted by molar-refractivity contribution is -0.384. The Labute approximate surface area is 255 Å². The third kappa shape index (κ3) is 3.87. The van der Waals surface area contributed by atoms with E-state index in [2.05, 4.69) is 5.32 Å². The fraction of sp³-hybridized carbons (Fsp3) is 0.121. The monoisotopic (exact) mass is 609 g/mol. The Bertz CT molecular complexity index is 1910. The predicted molar refractivity (Wildman–Crippen MR) is 162 cm³/mol. The predicted octanol–water partition coefficient (Wildman–Crippen LogP) is 6.88. The van der Waals surface area contributed by atoms with E-state index < -0.39 is 45.8 Å². The van der Waals surface area contributed by atoms with Crippen LogP contribution in [0.25, 0.3) is 6.08 Å². The molecule has 8 nitrogen and oxygen atoms in total. The Hall–Kier alpha value is -4.79. The van der Waals surface area contributed by atoms with Gasteiger partial charge in [-0.2, -0.15) is 0 Å². The average molecular weight is 610 g/mol. The van der Waals surface area contributed by atoms with Crippen molar-refractivity contribution in [2.45, 2.75) is 17.5 Å². The summed E-state index contributed by atoms with van der Waals surface area (Å²) in [5, 5.41) is 14.8. The highest BCUT2D eigenvalue weighted by Crippen LogP contribution is 2.62. The second kappa shape index (κ2) is 9.90. The number of ketones is 2. The van der Waals surface area contributed by atoms with Gasteiger partial charge >= 0.3 is 0 Å². The van der Waals surface area contributed by atoms with Crippen LogP contribution < -0.4 is 5.32 Å². The van der Waals surface area contributed by atoms with Crippen molar-refractivity contribution in [1.82, 2.24) is 4.90 Å². The van der Waals surface area contributed by atoms with E-state index in [4.69, 9.17) is 23.2 Å². The molecule has 4 aromatic carbocycles. The van der Waals surface area contributed by atoms with Crippen LogP contribution in [0.15, 0.2) is 97.2 Å². The van der Waals surface area contributed by atoms with Gasteiger partial charge in [-0.3, -0.25) is 24.5 Å². The van der Waals surface area contributed by atoms with E-state index in [1.165, 1.54) is 36.4 Å². The molecule has 0 aromatic heterocycles. The minimum Gasteiger partial charge on any atom is -0.358 e. The maximum Gasteiger partial charge on any atom is 0.269 e. The number of nitrogens with zero attached hydrogens (tertiary/aromatic N) is 2. The number of anilines is 1. The first-order chi connectivity index (χ1) is 20.7. The topological polar surface area (TPSA) is 110 Å². The molecule has 3 aliphatic heterocycles. The molecule has 3 aliphatic rings. The molecule has 43 heavy (non-hydrogen) atoms. The number of nitro benzene ring substituents is 1. The first-order valence-electron chi connectivity index (χ1n) is 13.5. The number of nitro groups is 1. The van der Waals surface area contributed by atoms with E-state index in [9.17, 15) is 24.5 Å². The first kappa shape index (κ1) is 27.1. The van der Waals surface area contributed by atoms with Gasteiger partial charge in [-0.25, -0.2) is 0 Å². The van der Waals surface area contributed by atoms with Gasteiger partial charge in [-0.15, -0.1) is 0 Å². The highest BCUT2D eigenvalue weighted by Gasteiger charge is 2.70. The van der Waals surface area contributed by atoms with Crippen LogP contribution in [-0.2, 0) is 10.2 Å². The maximum atomic E-state index is 14.8. The summed E-state index contributed by atoms with van der Waals surface area (Å²) in [6.07, 6.45) is 3.62. The molecule has 0 saturated carbocycles. The second-order valence-corrected chi connectivity index (χ2v) is 11.6. The molecule has 7 rings (SSSR count). The molecule has 1 fully saturated rings. The zero-order chi connectivity index (χ0) is 30.0. The molecule has 1 amide bonds. The van der Waals surface area contributed by atoms with Gasteiger partial charge < -0.3 is 10.2 Å². The Kier molecular flexibility index (Phi) is 6.23. The second-order valence-electron chi connectivity index (χ2n) is 10.7. The number of hydrogen-bond acceptors (Lipinski definition) is 6. The lowest BCUT2D eigenvalue weighted by Gasteiger charge is -2.38. The van der Waals surface area contributed by atoms with Crippen LogP contribution in [0.2, 0.25) is 10.0 Å². The van der Waals surface area contributed by atoms with Crippen molar-refractivity contribution in [3.63, 3.8) is 0 Å². The number of fused-ring (bicyclic) bond motifs is 6. The van der Waals surface area contributed by atoms with Crippen LogP contribution in [0.1, 0.15) is 43.4 Å². The summed E-state index contributed by atoms with van der Waals surface area (Å²) in [7, 11) is 0. The molecule has 212 valence electrons. The summed E-state index contributed by atoms with van der Waals surface area (Å²) in [5.74, 6) is -2.60. The van der Waals surface area contributed by atoms with E-state index >= 15 is 0 Å². The lowest BCUT2D eigenvalue weighted by Crippen LogP contribution is -2.49. The van der Waals surface area contributed by atoms with Gasteiger partial charge in [0, 0.05) is 40.2 Å². The Morgan fingerprint density at radius 3 is 2.37 bits per heavy atom. The largest absolute Gasteiger partial charge is 0.358 e. The van der Waals surface area contributed by atoms with Crippen molar-refractivity contribution in [3.8, 4) is 0 Å². The fourth-order valence-corrected chi connectivity index (χ4v) is 7.44. The van der Waals surface area contributed by atoms with Crippen molar-refractivity contribution in [3.05, 3.63) is 145 Å². The molecule has 0 radical (unpaired) electrons. The molecular weight excluding hydrogens is 589 g/mol. The molecule has 1 spiro atoms. The SMILES string of the molecule is O=C(c1ccc(Cl)cc1Cl)[C@@H]1[C@H](C(=O)c2ccc([N+](=O)[O-])cc2)[C@@]2(C(=O)Nc3ccccc32)[C@H]2c3ccccc3C=CN12. The number of non-ortho nitro benzene ring substituents is 1. The van der Waals surface area contributed by atoms with Gasteiger partial charge in [0.15, 0.2) is 11.6 Å². The van der Waals surface area contributed by atoms with Crippen molar-refractivity contribution in [2.24, 2.45) is 5.92 Å². The summed E-state index contributed by atoms with van der Waals surface area (Å²) in [4.78, 5) is 56.5. The number of carbonyl (C=O) groups excluding carboxylic acids is 3. The number of Topliss-reactive ketones (excluding diaryl/α,β-unsaturated/α-hetero) is 2. The van der Waals surface area contributed by atoms with Gasteiger partial charge in [0.25, 0.3) is 5.69 Å². The number of halogens is 2. The summed E-state index contributed by atoms with van der Waals surface area (Å²) < 4.78 is 0. The highest BCUT2D eigenvalue weighted by molar-refractivity contribution is 6.37. The molecular formula is C33H21Cl2N3O5. The molecule has 3 heterocycles. The molecule has 0 aliphatic carbocycles. The maximum absolute atomic E-state index is 14.8. The van der Waals surface area contributed by atoms with E-state index in [0.29, 0.717) is 16.3 Å². The van der Waals surface area contributed by atoms with Crippen molar-refractivity contribution in [2.75, 3.05) is 5.32 Å². The summed E-state index contributed by atoms with van der Waals surface area (Å²) in [5.41, 5.74) is 1.38. The number of nitrogens with one attached hydrogen (secondary N) is 1. The van der Waals surface area contributed by atoms with Crippen LogP contribution in [0.3, 0.4) is 0 Å². The third-order valence-electron chi connectivity index (χ3n) is 8.68. The zero-order valence-electron chi connectivity index (χ0n) is 22.2. The average Bonchev–Trinajstić information content (AvgIpc) is 3.48. The van der Waals surface area contributed by atoms with Crippen molar-refractivity contribution < 1.29 is 19.3 Å². The molecule has 1 N–H and O–H groups in total. The van der Waals surface area contributed by atoms with Gasteiger partial charge in [-0.1, -0.05) is 65.7 Å². The fourth-order valence-electron chi connectivity index (χ4n) is 6.94. The summed E-state index contributed by atoms with van der Waals surface area (Å²) in [6.45, 7) is 0. The number of benzene rings is 4. The van der Waals surface area contributed by atoms with Gasteiger partial charge in [0.2, 0.25) is 5.91 Å². The molecule has 4 aromatic rings. The molecule has 0 bridgehead atoms. The van der Waals surface area contributed by atoms with Crippen molar-refractivity contribution in [1.29, 1.82) is 0 Å². The zero-order valence-corrected chi connectivity index (χ0v) is 23.8. The molecule has 1 saturated heterocycles. The van der Waals surface area contributed by atoms with Crippen LogP contribution in [0.5, 0.6) is 0 Å². The quantitative estimate of drug-likeness (QED) is 0.150. The Balaban J connectivity index is 1.52. The molecule has 0 unspecified atom stereocenters. The number of carbonyl (C=O) groups is 3. The Morgan fingerprint density at radius 1 is 0.907 bits per heavy atom. The first-order valence-corrected chi connectivity index (χ1v) is 14.2. The minimum atomic E-state index is -1.53.